The molecule has 7 aliphatic rings. The van der Waals surface area contributed by atoms with Gasteiger partial charge in [0.1, 0.15) is 29.8 Å². The zero-order valence-corrected chi connectivity index (χ0v) is 47.5. The van der Waals surface area contributed by atoms with Gasteiger partial charge in [0.15, 0.2) is 23.1 Å². The zero-order chi connectivity index (χ0) is 57.3. The molecule has 5 fully saturated rings. The molecule has 22 heteroatoms. The van der Waals surface area contributed by atoms with Crippen LogP contribution in [0.5, 0.6) is 17.4 Å². The first-order valence-corrected chi connectivity index (χ1v) is 30.5. The summed E-state index contributed by atoms with van der Waals surface area (Å²) in [5.74, 6) is -1.28. The molecule has 6 aliphatic heterocycles. The number of hydrogen-bond acceptors (Lipinski definition) is 16. The molecule has 0 radical (unpaired) electrons. The van der Waals surface area contributed by atoms with Gasteiger partial charge in [-0.25, -0.2) is 21.9 Å². The maximum atomic E-state index is 15.0. The van der Waals surface area contributed by atoms with Crippen molar-refractivity contribution in [2.24, 2.45) is 11.3 Å². The predicted octanol–water partition coefficient (Wildman–Crippen LogP) is 9.64. The second-order valence-corrected chi connectivity index (χ2v) is 25.6. The van der Waals surface area contributed by atoms with Gasteiger partial charge in [0.25, 0.3) is 21.6 Å². The molecule has 0 unspecified atom stereocenters. The van der Waals surface area contributed by atoms with Gasteiger partial charge in [-0.15, -0.1) is 0 Å². The molecule has 0 bridgehead atoms. The number of benzene rings is 4. The van der Waals surface area contributed by atoms with E-state index in [9.17, 15) is 32.1 Å². The Morgan fingerprint density at radius 1 is 0.928 bits per heavy atom. The number of carbonyl (C=O) groups excluding carboxylic acids is 1. The molecule has 1 spiro atoms. The first-order valence-electron chi connectivity index (χ1n) is 29.0. The number of piperazine rings is 1. The Labute approximate surface area is 480 Å². The Hall–Kier alpha value is -7.11. The number of amides is 1. The van der Waals surface area contributed by atoms with Crippen LogP contribution >= 0.6 is 0 Å². The number of piperidine rings is 1. The summed E-state index contributed by atoms with van der Waals surface area (Å²) in [4.78, 5) is 43.9. The standard InChI is InChI=1S/C61H69F2N9O10S/c1-36(2)81-54-7-5-4-6-44(54)53-33-68(32-38-8-11-46(62)47(63)24-38)19-20-70(53)42-30-61(31-42)16-18-69(37(3)29-61)41-9-10-45(50(26-41)71-49-15-23-79-35-56(49)82-60-52(71)25-40-12-17-64-58(40)66-60)59(73)67-83(76,77)43-27-51(72(74)75)57-55(28-43)80-34-48(65-57)39-13-21-78-22-14-39/h4-12,17,24-28,36-37,39,42,48-49,53,56,65H,13-16,18-23,29-35H2,1-3H3,(H,64,66)(H,67,73)/t37-,42?,48-,49-,53-,56-,61?/m0/s1. The van der Waals surface area contributed by atoms with Gasteiger partial charge in [0.2, 0.25) is 5.88 Å². The molecule has 2 aromatic heterocycles. The van der Waals surface area contributed by atoms with Gasteiger partial charge in [-0.2, -0.15) is 4.98 Å². The molecule has 5 atom stereocenters. The van der Waals surface area contributed by atoms with E-state index in [1.807, 2.05) is 50.2 Å². The number of para-hydroxylation sites is 1. The Morgan fingerprint density at radius 3 is 2.54 bits per heavy atom. The summed E-state index contributed by atoms with van der Waals surface area (Å²) in [7, 11) is -4.74. The number of anilines is 4. The number of nitrogens with one attached hydrogen (secondary N) is 3. The van der Waals surface area contributed by atoms with Gasteiger partial charge in [-0.3, -0.25) is 24.7 Å². The fraction of sp³-hybridized carbons (Fsp3) is 0.475. The minimum atomic E-state index is -4.74. The number of aromatic amines is 1. The van der Waals surface area contributed by atoms with Crippen LogP contribution in [-0.4, -0.2) is 135 Å². The maximum absolute atomic E-state index is 15.0. The van der Waals surface area contributed by atoms with Crippen LogP contribution < -0.4 is 34.0 Å². The molecular formula is C61H69F2N9O10S. The Bertz CT molecular complexity index is 3580. The lowest BCUT2D eigenvalue weighted by molar-refractivity contribution is -0.384. The van der Waals surface area contributed by atoms with E-state index in [1.54, 1.807) is 18.3 Å². The summed E-state index contributed by atoms with van der Waals surface area (Å²) in [5.41, 5.74) is 4.14. The third-order valence-electron chi connectivity index (χ3n) is 18.3. The van der Waals surface area contributed by atoms with Crippen LogP contribution in [0.3, 0.4) is 0 Å². The summed E-state index contributed by atoms with van der Waals surface area (Å²) in [6, 6.07) is 23.8. The summed E-state index contributed by atoms with van der Waals surface area (Å²) in [5, 5.41) is 16.7. The molecule has 4 saturated heterocycles. The number of aromatic nitrogens is 2. The van der Waals surface area contributed by atoms with Gasteiger partial charge in [0, 0.05) is 99.6 Å². The summed E-state index contributed by atoms with van der Waals surface area (Å²) in [6.45, 7) is 11.8. The lowest BCUT2D eigenvalue weighted by Crippen LogP contribution is -2.60. The van der Waals surface area contributed by atoms with E-state index in [4.69, 9.17) is 28.7 Å². The molecule has 6 aromatic rings. The third kappa shape index (κ3) is 10.7. The Balaban J connectivity index is 0.785. The first kappa shape index (κ1) is 55.1. The average Bonchev–Trinajstić information content (AvgIpc) is 4.16. The quantitative estimate of drug-likeness (QED) is 0.0727. The number of H-pyrrole nitrogens is 1. The van der Waals surface area contributed by atoms with Crippen molar-refractivity contribution < 1.29 is 50.6 Å². The van der Waals surface area contributed by atoms with Crippen LogP contribution in [0.1, 0.15) is 93.2 Å². The number of halogens is 2. The van der Waals surface area contributed by atoms with Crippen molar-refractivity contribution >= 4 is 55.4 Å². The maximum Gasteiger partial charge on any atom is 0.297 e. The highest BCUT2D eigenvalue weighted by Gasteiger charge is 2.52. The zero-order valence-electron chi connectivity index (χ0n) is 46.7. The molecule has 1 aliphatic carbocycles. The fourth-order valence-electron chi connectivity index (χ4n) is 14.3. The largest absolute Gasteiger partial charge is 0.491 e. The van der Waals surface area contributed by atoms with Crippen molar-refractivity contribution in [3.8, 4) is 17.4 Å². The highest BCUT2D eigenvalue weighted by atomic mass is 32.2. The summed E-state index contributed by atoms with van der Waals surface area (Å²) < 4.78 is 90.1. The summed E-state index contributed by atoms with van der Waals surface area (Å²) >= 11 is 0. The summed E-state index contributed by atoms with van der Waals surface area (Å²) in [6.07, 6.45) is 7.21. The van der Waals surface area contributed by atoms with Crippen molar-refractivity contribution in [3.05, 3.63) is 130 Å². The van der Waals surface area contributed by atoms with Gasteiger partial charge in [0.05, 0.1) is 51.9 Å². The molecule has 4 aromatic carbocycles. The smallest absolute Gasteiger partial charge is 0.297 e. The highest BCUT2D eigenvalue weighted by Crippen LogP contribution is 2.55. The van der Waals surface area contributed by atoms with E-state index in [2.05, 4.69) is 53.7 Å². The molecule has 8 heterocycles. The number of pyridine rings is 1. The van der Waals surface area contributed by atoms with Gasteiger partial charge in [-0.1, -0.05) is 24.3 Å². The Morgan fingerprint density at radius 2 is 1.75 bits per heavy atom. The number of nitrogens with zero attached hydrogens (tertiary/aromatic N) is 6. The van der Waals surface area contributed by atoms with Crippen molar-refractivity contribution in [3.63, 3.8) is 0 Å². The van der Waals surface area contributed by atoms with Crippen molar-refractivity contribution in [1.82, 2.24) is 24.5 Å². The lowest BCUT2D eigenvalue weighted by atomic mass is 9.58. The molecule has 3 N–H and O–H groups in total. The van der Waals surface area contributed by atoms with Crippen molar-refractivity contribution in [2.45, 2.75) is 120 Å². The molecular weight excluding hydrogens is 1090 g/mol. The molecule has 1 amide bonds. The Kier molecular flexibility index (Phi) is 14.7. The van der Waals surface area contributed by atoms with E-state index >= 15 is 0 Å². The minimum Gasteiger partial charge on any atom is -0.491 e. The number of nitro groups is 1. The van der Waals surface area contributed by atoms with Crippen LogP contribution in [0.15, 0.2) is 96.0 Å². The van der Waals surface area contributed by atoms with E-state index < -0.39 is 49.2 Å². The minimum absolute atomic E-state index is 0.00830. The molecule has 1 saturated carbocycles. The second-order valence-electron chi connectivity index (χ2n) is 23.9. The first-order chi connectivity index (χ1) is 40.1. The number of rotatable bonds is 13. The number of sulfonamides is 1. The van der Waals surface area contributed by atoms with Crippen LogP contribution in [0.25, 0.3) is 11.0 Å². The second kappa shape index (κ2) is 22.1. The average molecular weight is 1160 g/mol. The fourth-order valence-corrected chi connectivity index (χ4v) is 15.3. The van der Waals surface area contributed by atoms with Crippen LogP contribution in [-0.2, 0) is 26.0 Å². The lowest BCUT2D eigenvalue weighted by Gasteiger charge is -2.59. The monoisotopic (exact) mass is 1160 g/mol. The van der Waals surface area contributed by atoms with E-state index in [-0.39, 0.29) is 71.8 Å². The predicted molar refractivity (Wildman–Crippen MR) is 307 cm³/mol. The van der Waals surface area contributed by atoms with Crippen molar-refractivity contribution in [2.75, 3.05) is 74.3 Å². The highest BCUT2D eigenvalue weighted by molar-refractivity contribution is 7.90. The molecule has 83 heavy (non-hydrogen) atoms. The van der Waals surface area contributed by atoms with Crippen LogP contribution in [0, 0.1) is 33.1 Å². The van der Waals surface area contributed by atoms with Gasteiger partial charge < -0.3 is 43.8 Å². The molecule has 19 nitrogen and oxygen atoms in total. The normalized spacial score (nSPS) is 25.8. The topological polar surface area (TPSA) is 206 Å². The molecule has 438 valence electrons. The number of fused-ring (bicyclic) bond motifs is 4. The SMILES string of the molecule is CC(C)Oc1ccccc1[C@@H]1CN(Cc2ccc(F)c(F)c2)CCN1C1CC2(CCN(c3ccc(C(=O)NS(=O)(=O)c4cc5c(c([N+](=O)[O-])c4)N[C@H](C4CCOCC4)CO5)c(N4c5cc6cc[nH]c6nc5O[C@H]5COCC[C@@H]54)c3)[C@@H](C)C2)C1. The van der Waals surface area contributed by atoms with E-state index in [0.717, 1.165) is 92.2 Å². The van der Waals surface area contributed by atoms with Crippen molar-refractivity contribution in [1.29, 1.82) is 0 Å². The number of nitro benzene ring substituents is 1. The van der Waals surface area contributed by atoms with Gasteiger partial charge in [-0.05, 0) is 131 Å². The van der Waals surface area contributed by atoms with Crippen LogP contribution in [0.2, 0.25) is 0 Å². The molecule has 13 rings (SSSR count). The number of hydrogen-bond donors (Lipinski definition) is 3. The number of ether oxygens (including phenoxy) is 5. The third-order valence-corrected chi connectivity index (χ3v) is 19.6. The van der Waals surface area contributed by atoms with Gasteiger partial charge >= 0.3 is 0 Å². The van der Waals surface area contributed by atoms with Crippen LogP contribution in [0.4, 0.5) is 37.2 Å². The van der Waals surface area contributed by atoms with E-state index in [0.29, 0.717) is 68.3 Å². The number of carbonyl (C=O) groups is 1. The van der Waals surface area contributed by atoms with E-state index in [1.165, 1.54) is 18.2 Å².